The number of hydrogen-bond acceptors (Lipinski definition) is 2. The van der Waals surface area contributed by atoms with Crippen LogP contribution in [0.5, 0.6) is 0 Å². The van der Waals surface area contributed by atoms with E-state index in [1.807, 2.05) is 6.07 Å². The second-order valence-corrected chi connectivity index (χ2v) is 2.74. The Morgan fingerprint density at radius 1 is 1.43 bits per heavy atom. The molecule has 0 aromatic heterocycles. The Morgan fingerprint density at radius 3 is 2.64 bits per heavy atom. The van der Waals surface area contributed by atoms with Crippen LogP contribution in [0.15, 0.2) is 43.0 Å². The average molecular weight is 188 g/mol. The molecule has 3 heteroatoms. The number of hydrogen-bond donors (Lipinski definition) is 2. The maximum Gasteiger partial charge on any atom is 0.270 e. The summed E-state index contributed by atoms with van der Waals surface area (Å²) in [7, 11) is 0. The third kappa shape index (κ3) is 2.55. The van der Waals surface area contributed by atoms with Crippen molar-refractivity contribution in [3.8, 4) is 0 Å². The van der Waals surface area contributed by atoms with Gasteiger partial charge in [-0.25, -0.2) is 0 Å². The molecule has 3 nitrogen and oxygen atoms in total. The minimum absolute atomic E-state index is 0.0209. The minimum Gasteiger partial charge on any atom is -0.347 e. The van der Waals surface area contributed by atoms with Gasteiger partial charge in [0.15, 0.2) is 0 Å². The second kappa shape index (κ2) is 4.97. The molecule has 0 fully saturated rings. The van der Waals surface area contributed by atoms with E-state index in [4.69, 9.17) is 5.41 Å². The third-order valence-corrected chi connectivity index (χ3v) is 1.70. The molecule has 0 aliphatic carbocycles. The number of rotatable bonds is 4. The maximum atomic E-state index is 11.3. The van der Waals surface area contributed by atoms with Gasteiger partial charge < -0.3 is 5.32 Å². The normalized spacial score (nSPS) is 9.14. The van der Waals surface area contributed by atoms with Crippen molar-refractivity contribution in [3.63, 3.8) is 0 Å². The van der Waals surface area contributed by atoms with E-state index in [9.17, 15) is 4.79 Å². The number of benzene rings is 1. The molecule has 0 unspecified atom stereocenters. The average Bonchev–Trinajstić information content (AvgIpc) is 2.26. The van der Waals surface area contributed by atoms with Gasteiger partial charge in [0, 0.05) is 12.1 Å². The Balaban J connectivity index is 2.66. The standard InChI is InChI=1S/C11H12N2O/c1-2-8-13-11(14)10(12)9-6-4-3-5-7-9/h2-7,12H,1,8H2,(H,13,14). The first-order valence-corrected chi connectivity index (χ1v) is 4.28. The van der Waals surface area contributed by atoms with Crippen LogP contribution in [0.4, 0.5) is 0 Å². The molecule has 72 valence electrons. The van der Waals surface area contributed by atoms with Crippen LogP contribution in [0.1, 0.15) is 5.56 Å². The number of carbonyl (C=O) groups excluding carboxylic acids is 1. The molecule has 0 aliphatic heterocycles. The molecule has 1 rings (SSSR count). The molecule has 14 heavy (non-hydrogen) atoms. The largest absolute Gasteiger partial charge is 0.347 e. The van der Waals surface area contributed by atoms with Gasteiger partial charge >= 0.3 is 0 Å². The van der Waals surface area contributed by atoms with Crippen molar-refractivity contribution < 1.29 is 4.79 Å². The van der Waals surface area contributed by atoms with Gasteiger partial charge in [-0.1, -0.05) is 36.4 Å². The fourth-order valence-electron chi connectivity index (χ4n) is 0.989. The first-order valence-electron chi connectivity index (χ1n) is 4.28. The lowest BCUT2D eigenvalue weighted by Crippen LogP contribution is -2.30. The van der Waals surface area contributed by atoms with Crippen LogP contribution in [0.2, 0.25) is 0 Å². The molecule has 1 aromatic rings. The van der Waals surface area contributed by atoms with Crippen molar-refractivity contribution in [3.05, 3.63) is 48.6 Å². The Labute approximate surface area is 83.0 Å². The summed E-state index contributed by atoms with van der Waals surface area (Å²) in [6.07, 6.45) is 1.58. The lowest BCUT2D eigenvalue weighted by molar-refractivity contribution is -0.114. The van der Waals surface area contributed by atoms with Gasteiger partial charge in [0.1, 0.15) is 5.71 Å². The van der Waals surface area contributed by atoms with Gasteiger partial charge in [-0.3, -0.25) is 10.2 Å². The maximum absolute atomic E-state index is 11.3. The first kappa shape index (κ1) is 10.2. The summed E-state index contributed by atoms with van der Waals surface area (Å²) >= 11 is 0. The SMILES string of the molecule is C=CCNC(=O)C(=N)c1ccccc1. The van der Waals surface area contributed by atoms with E-state index in [1.54, 1.807) is 30.3 Å². The summed E-state index contributed by atoms with van der Waals surface area (Å²) in [5.41, 5.74) is 0.599. The van der Waals surface area contributed by atoms with Crippen LogP contribution in [0.3, 0.4) is 0 Å². The zero-order chi connectivity index (χ0) is 10.4. The van der Waals surface area contributed by atoms with Crippen LogP contribution in [0, 0.1) is 5.41 Å². The molecule has 0 radical (unpaired) electrons. The van der Waals surface area contributed by atoms with Crippen LogP contribution in [0.25, 0.3) is 0 Å². The van der Waals surface area contributed by atoms with Gasteiger partial charge in [0.2, 0.25) is 0 Å². The van der Waals surface area contributed by atoms with E-state index >= 15 is 0 Å². The highest BCUT2D eigenvalue weighted by Crippen LogP contribution is 1.99. The minimum atomic E-state index is -0.379. The Hall–Kier alpha value is -1.90. The lowest BCUT2D eigenvalue weighted by atomic mass is 10.1. The van der Waals surface area contributed by atoms with Crippen LogP contribution >= 0.6 is 0 Å². The molecule has 0 aliphatic rings. The fourth-order valence-corrected chi connectivity index (χ4v) is 0.989. The summed E-state index contributed by atoms with van der Waals surface area (Å²) < 4.78 is 0. The summed E-state index contributed by atoms with van der Waals surface area (Å²) in [5.74, 6) is -0.379. The molecule has 1 aromatic carbocycles. The molecular weight excluding hydrogens is 176 g/mol. The second-order valence-electron chi connectivity index (χ2n) is 2.74. The summed E-state index contributed by atoms with van der Waals surface area (Å²) in [6.45, 7) is 3.86. The molecule has 0 heterocycles. The predicted octanol–water partition coefficient (Wildman–Crippen LogP) is 1.36. The lowest BCUT2D eigenvalue weighted by Gasteiger charge is -2.03. The van der Waals surface area contributed by atoms with Gasteiger partial charge in [-0.05, 0) is 0 Å². The molecule has 0 spiro atoms. The molecule has 1 amide bonds. The van der Waals surface area contributed by atoms with Gasteiger partial charge in [0.05, 0.1) is 0 Å². The first-order chi connectivity index (χ1) is 6.75. The highest BCUT2D eigenvalue weighted by molar-refractivity contribution is 6.44. The van der Waals surface area contributed by atoms with Crippen LogP contribution < -0.4 is 5.32 Å². The summed E-state index contributed by atoms with van der Waals surface area (Å²) in [5, 5.41) is 10.1. The molecule has 0 saturated carbocycles. The van der Waals surface area contributed by atoms with Gasteiger partial charge in [-0.15, -0.1) is 6.58 Å². The number of nitrogens with one attached hydrogen (secondary N) is 2. The van der Waals surface area contributed by atoms with E-state index in [1.165, 1.54) is 0 Å². The molecule has 0 saturated heterocycles. The van der Waals surface area contributed by atoms with Crippen molar-refractivity contribution in [1.29, 1.82) is 5.41 Å². The Bertz CT molecular complexity index is 344. The molecule has 0 bridgehead atoms. The summed E-state index contributed by atoms with van der Waals surface area (Å²) in [4.78, 5) is 11.3. The topological polar surface area (TPSA) is 53.0 Å². The van der Waals surface area contributed by atoms with Gasteiger partial charge in [0.25, 0.3) is 5.91 Å². The molecule has 2 N–H and O–H groups in total. The highest BCUT2D eigenvalue weighted by atomic mass is 16.1. The van der Waals surface area contributed by atoms with Crippen molar-refractivity contribution >= 4 is 11.6 Å². The van der Waals surface area contributed by atoms with Crippen molar-refractivity contribution in [2.75, 3.05) is 6.54 Å². The predicted molar refractivity (Wildman–Crippen MR) is 56.5 cm³/mol. The zero-order valence-electron chi connectivity index (χ0n) is 7.79. The van der Waals surface area contributed by atoms with E-state index in [0.717, 1.165) is 0 Å². The Kier molecular flexibility index (Phi) is 3.61. The Morgan fingerprint density at radius 2 is 2.07 bits per heavy atom. The highest BCUT2D eigenvalue weighted by Gasteiger charge is 2.09. The smallest absolute Gasteiger partial charge is 0.270 e. The quantitative estimate of drug-likeness (QED) is 0.544. The third-order valence-electron chi connectivity index (χ3n) is 1.70. The number of amides is 1. The van der Waals surface area contributed by atoms with E-state index < -0.39 is 0 Å². The van der Waals surface area contributed by atoms with Crippen LogP contribution in [-0.4, -0.2) is 18.2 Å². The zero-order valence-corrected chi connectivity index (χ0v) is 7.79. The molecular formula is C11H12N2O. The summed E-state index contributed by atoms with van der Waals surface area (Å²) in [6, 6.07) is 8.90. The fraction of sp³-hybridized carbons (Fsp3) is 0.0909. The van der Waals surface area contributed by atoms with E-state index in [0.29, 0.717) is 12.1 Å². The van der Waals surface area contributed by atoms with E-state index in [-0.39, 0.29) is 11.6 Å². The van der Waals surface area contributed by atoms with Crippen LogP contribution in [-0.2, 0) is 4.79 Å². The van der Waals surface area contributed by atoms with Crippen molar-refractivity contribution in [2.45, 2.75) is 0 Å². The number of carbonyl (C=O) groups is 1. The van der Waals surface area contributed by atoms with Gasteiger partial charge in [-0.2, -0.15) is 0 Å². The van der Waals surface area contributed by atoms with E-state index in [2.05, 4.69) is 11.9 Å². The van der Waals surface area contributed by atoms with Crippen molar-refractivity contribution in [2.24, 2.45) is 0 Å². The van der Waals surface area contributed by atoms with Crippen molar-refractivity contribution in [1.82, 2.24) is 5.32 Å². The molecule has 0 atom stereocenters. The monoisotopic (exact) mass is 188 g/mol.